The second-order valence-corrected chi connectivity index (χ2v) is 13.9. The highest BCUT2D eigenvalue weighted by molar-refractivity contribution is 9.10. The van der Waals surface area contributed by atoms with E-state index in [1.54, 1.807) is 0 Å². The van der Waals surface area contributed by atoms with Gasteiger partial charge in [0.2, 0.25) is 5.88 Å². The normalized spacial score (nSPS) is 17.4. The van der Waals surface area contributed by atoms with Crippen molar-refractivity contribution in [2.24, 2.45) is 0 Å². The van der Waals surface area contributed by atoms with Gasteiger partial charge >= 0.3 is 0 Å². The molecular formula is C31H36BrN3O5S. The molecule has 1 fully saturated rings. The van der Waals surface area contributed by atoms with E-state index in [4.69, 9.17) is 23.7 Å². The van der Waals surface area contributed by atoms with Crippen LogP contribution >= 0.6 is 15.9 Å². The van der Waals surface area contributed by atoms with Crippen LogP contribution < -0.4 is 9.46 Å². The molecule has 2 aromatic heterocycles. The van der Waals surface area contributed by atoms with Gasteiger partial charge in [0.1, 0.15) is 17.0 Å². The molecule has 3 atom stereocenters. The Morgan fingerprint density at radius 3 is 2.76 bits per heavy atom. The van der Waals surface area contributed by atoms with E-state index in [1.807, 2.05) is 81.4 Å². The predicted molar refractivity (Wildman–Crippen MR) is 164 cm³/mol. The van der Waals surface area contributed by atoms with Crippen LogP contribution in [0.25, 0.3) is 22.2 Å². The highest BCUT2D eigenvalue weighted by atomic mass is 79.9. The summed E-state index contributed by atoms with van der Waals surface area (Å²) in [6.07, 6.45) is 3.47. The van der Waals surface area contributed by atoms with Crippen molar-refractivity contribution in [3.05, 3.63) is 76.4 Å². The van der Waals surface area contributed by atoms with Gasteiger partial charge in [-0.1, -0.05) is 51.4 Å². The number of hydrogen-bond donors (Lipinski definition) is 1. The van der Waals surface area contributed by atoms with Crippen LogP contribution in [0.15, 0.2) is 69.7 Å². The molecule has 8 nitrogen and oxygen atoms in total. The van der Waals surface area contributed by atoms with Crippen molar-refractivity contribution in [3.63, 3.8) is 0 Å². The molecule has 10 heteroatoms. The zero-order valence-electron chi connectivity index (χ0n) is 23.6. The zero-order chi connectivity index (χ0) is 28.8. The van der Waals surface area contributed by atoms with Crippen molar-refractivity contribution in [1.82, 2.24) is 14.9 Å². The van der Waals surface area contributed by atoms with Crippen LogP contribution in [0, 0.1) is 0 Å². The molecule has 3 heterocycles. The Morgan fingerprint density at radius 2 is 1.95 bits per heavy atom. The average Bonchev–Trinajstić information content (AvgIpc) is 3.38. The van der Waals surface area contributed by atoms with Crippen LogP contribution in [-0.2, 0) is 27.3 Å². The van der Waals surface area contributed by atoms with E-state index in [2.05, 4.69) is 25.8 Å². The Morgan fingerprint density at radius 1 is 1.10 bits per heavy atom. The largest absolute Gasteiger partial charge is 0.598 e. The number of halogens is 1. The number of pyridine rings is 1. The molecule has 1 aliphatic heterocycles. The minimum atomic E-state index is -1.33. The lowest BCUT2D eigenvalue weighted by atomic mass is 9.94. The molecule has 0 bridgehead atoms. The van der Waals surface area contributed by atoms with E-state index in [-0.39, 0.29) is 12.3 Å². The molecule has 1 unspecified atom stereocenters. The summed E-state index contributed by atoms with van der Waals surface area (Å²) in [5.74, 6) is 0.521. The number of aromatic nitrogens is 2. The van der Waals surface area contributed by atoms with Gasteiger partial charge in [0.05, 0.1) is 12.6 Å². The van der Waals surface area contributed by atoms with Gasteiger partial charge < -0.3 is 23.3 Å². The van der Waals surface area contributed by atoms with E-state index in [0.29, 0.717) is 31.1 Å². The van der Waals surface area contributed by atoms with E-state index >= 15 is 0 Å². The van der Waals surface area contributed by atoms with Gasteiger partial charge in [0.25, 0.3) is 0 Å². The van der Waals surface area contributed by atoms with Crippen molar-refractivity contribution in [2.75, 3.05) is 19.8 Å². The second kappa shape index (κ2) is 13.7. The molecular weight excluding hydrogens is 606 g/mol. The predicted octanol–water partition coefficient (Wildman–Crippen LogP) is 6.91. The van der Waals surface area contributed by atoms with Gasteiger partial charge in [-0.15, -0.1) is 4.72 Å². The summed E-state index contributed by atoms with van der Waals surface area (Å²) in [7, 11) is 0. The molecule has 218 valence electrons. The monoisotopic (exact) mass is 641 g/mol. The summed E-state index contributed by atoms with van der Waals surface area (Å²) in [5.41, 5.74) is 4.11. The third-order valence-electron chi connectivity index (χ3n) is 6.80. The molecule has 41 heavy (non-hydrogen) atoms. The minimum Gasteiger partial charge on any atom is -0.598 e. The topological polar surface area (TPSA) is 102 Å². The van der Waals surface area contributed by atoms with Crippen LogP contribution in [0.3, 0.4) is 0 Å². The lowest BCUT2D eigenvalue weighted by Gasteiger charge is -2.29. The van der Waals surface area contributed by atoms with Gasteiger partial charge in [-0.05, 0) is 69.9 Å². The smallest absolute Gasteiger partial charge is 0.213 e. The third-order valence-corrected chi connectivity index (χ3v) is 8.90. The summed E-state index contributed by atoms with van der Waals surface area (Å²) < 4.78 is 40.2. The van der Waals surface area contributed by atoms with Crippen LogP contribution in [0.4, 0.5) is 0 Å². The Kier molecular flexibility index (Phi) is 10.0. The number of benzene rings is 2. The Hall–Kier alpha value is -2.47. The quantitative estimate of drug-likeness (QED) is 0.139. The summed E-state index contributed by atoms with van der Waals surface area (Å²) in [4.78, 5) is 4.76. The minimum absolute atomic E-state index is 0.148. The number of hydrogen-bond acceptors (Lipinski definition) is 8. The first-order valence-corrected chi connectivity index (χ1v) is 15.9. The van der Waals surface area contributed by atoms with Crippen LogP contribution in [-0.4, -0.2) is 45.6 Å². The van der Waals surface area contributed by atoms with Gasteiger partial charge in [0, 0.05) is 51.6 Å². The third kappa shape index (κ3) is 7.88. The molecule has 1 saturated heterocycles. The van der Waals surface area contributed by atoms with Gasteiger partial charge in [-0.25, -0.2) is 4.98 Å². The first-order valence-electron chi connectivity index (χ1n) is 13.9. The molecule has 5 rings (SSSR count). The number of fused-ring (bicyclic) bond motifs is 1. The Bertz CT molecular complexity index is 1440. The van der Waals surface area contributed by atoms with Crippen molar-refractivity contribution in [2.45, 2.75) is 63.5 Å². The lowest BCUT2D eigenvalue weighted by Crippen LogP contribution is -2.42. The maximum absolute atomic E-state index is 13.3. The van der Waals surface area contributed by atoms with Crippen LogP contribution in [0.1, 0.15) is 57.3 Å². The van der Waals surface area contributed by atoms with E-state index < -0.39 is 16.1 Å². The van der Waals surface area contributed by atoms with Gasteiger partial charge in [-0.3, -0.25) is 0 Å². The second-order valence-electron chi connectivity index (χ2n) is 11.0. The standard InChI is InChI=1S/C31H36BrN3O5S/c1-31(2,3)41(36)35-26(20-22-9-8-12-28(33-22)37-17-18-39-29-13-6-7-16-38-29)23-10-4-5-11-24(23)30-25-15-14-21(32)19-27(25)40-34-30/h4-5,8-12,14-15,19,26,29,35H,6-7,13,16-18,20H2,1-3H3/t26-,29-,41?/m0/s1. The summed E-state index contributed by atoms with van der Waals surface area (Å²) in [6.45, 7) is 7.42. The fourth-order valence-electron chi connectivity index (χ4n) is 4.67. The maximum atomic E-state index is 13.3. The fraction of sp³-hybridized carbons (Fsp3) is 0.419. The lowest BCUT2D eigenvalue weighted by molar-refractivity contribution is -0.165. The Balaban J connectivity index is 1.37. The van der Waals surface area contributed by atoms with Crippen molar-refractivity contribution < 1.29 is 23.3 Å². The van der Waals surface area contributed by atoms with Crippen LogP contribution in [0.2, 0.25) is 0 Å². The molecule has 0 saturated carbocycles. The summed E-state index contributed by atoms with van der Waals surface area (Å²) >= 11 is 2.17. The molecule has 4 aromatic rings. The fourth-order valence-corrected chi connectivity index (χ4v) is 5.83. The van der Waals surface area contributed by atoms with E-state index in [1.165, 1.54) is 0 Å². The van der Waals surface area contributed by atoms with Crippen LogP contribution in [0.5, 0.6) is 5.88 Å². The molecule has 1 N–H and O–H groups in total. The first kappa shape index (κ1) is 30.0. The van der Waals surface area contributed by atoms with E-state index in [0.717, 1.165) is 58.2 Å². The van der Waals surface area contributed by atoms with E-state index in [9.17, 15) is 4.55 Å². The molecule has 2 aromatic carbocycles. The highest BCUT2D eigenvalue weighted by Gasteiger charge is 2.31. The summed E-state index contributed by atoms with van der Waals surface area (Å²) in [5, 5.41) is 5.33. The number of ether oxygens (including phenoxy) is 3. The number of rotatable bonds is 11. The van der Waals surface area contributed by atoms with Gasteiger partial charge in [0.15, 0.2) is 11.9 Å². The van der Waals surface area contributed by atoms with Crippen molar-refractivity contribution >= 4 is 38.3 Å². The molecule has 0 radical (unpaired) electrons. The highest BCUT2D eigenvalue weighted by Crippen LogP contribution is 2.36. The molecule has 0 amide bonds. The van der Waals surface area contributed by atoms with Crippen molar-refractivity contribution in [1.29, 1.82) is 0 Å². The average molecular weight is 643 g/mol. The number of nitrogens with one attached hydrogen (secondary N) is 1. The Labute approximate surface area is 252 Å². The van der Waals surface area contributed by atoms with Crippen molar-refractivity contribution in [3.8, 4) is 17.1 Å². The maximum Gasteiger partial charge on any atom is 0.213 e. The summed E-state index contributed by atoms with van der Waals surface area (Å²) in [6, 6.07) is 19.3. The zero-order valence-corrected chi connectivity index (χ0v) is 26.0. The molecule has 1 aliphatic rings. The molecule has 0 spiro atoms. The molecule has 0 aliphatic carbocycles. The number of nitrogens with zero attached hydrogens (tertiary/aromatic N) is 2. The first-order chi connectivity index (χ1) is 19.8. The van der Waals surface area contributed by atoms with Gasteiger partial charge in [-0.2, -0.15) is 0 Å². The SMILES string of the molecule is CC(C)(C)[S+]([O-])N[C@@H](Cc1cccc(OCCO[C@H]2CCCCO2)n1)c1ccccc1-c1noc2cc(Br)ccc12.